The van der Waals surface area contributed by atoms with E-state index in [-0.39, 0.29) is 5.56 Å². The van der Waals surface area contributed by atoms with Crippen LogP contribution in [0.15, 0.2) is 23.4 Å². The van der Waals surface area contributed by atoms with Gasteiger partial charge < -0.3 is 4.90 Å². The van der Waals surface area contributed by atoms with Crippen LogP contribution in [0.3, 0.4) is 0 Å². The molecule has 0 fully saturated rings. The van der Waals surface area contributed by atoms with E-state index in [0.717, 1.165) is 0 Å². The van der Waals surface area contributed by atoms with E-state index >= 15 is 0 Å². The summed E-state index contributed by atoms with van der Waals surface area (Å²) in [5.41, 5.74) is -0.0784. The topological polar surface area (TPSA) is 96.4 Å². The van der Waals surface area contributed by atoms with Crippen LogP contribution in [0.4, 0.5) is 0 Å². The zero-order valence-corrected chi connectivity index (χ0v) is 14.5. The van der Waals surface area contributed by atoms with Crippen molar-refractivity contribution in [2.45, 2.75) is 11.9 Å². The van der Waals surface area contributed by atoms with Crippen molar-refractivity contribution in [2.75, 3.05) is 26.1 Å². The summed E-state index contributed by atoms with van der Waals surface area (Å²) in [4.78, 5) is 29.0. The molecule has 0 bridgehead atoms. The fourth-order valence-corrected chi connectivity index (χ4v) is 3.47. The van der Waals surface area contributed by atoms with Crippen LogP contribution in [0.1, 0.15) is 17.3 Å². The van der Waals surface area contributed by atoms with Crippen LogP contribution in [-0.2, 0) is 14.8 Å². The summed E-state index contributed by atoms with van der Waals surface area (Å²) in [5.74, 6) is -1.10. The van der Waals surface area contributed by atoms with Gasteiger partial charge >= 0.3 is 0 Å². The number of pyridine rings is 1. The number of hydrogen-bond donors (Lipinski definition) is 1. The van der Waals surface area contributed by atoms with Gasteiger partial charge in [-0.05, 0) is 18.4 Å². The summed E-state index contributed by atoms with van der Waals surface area (Å²) in [6, 6.07) is 2.83. The summed E-state index contributed by atoms with van der Waals surface area (Å²) >= 11 is 1.44. The van der Waals surface area contributed by atoms with Crippen LogP contribution in [0.5, 0.6) is 0 Å². The first-order valence-electron chi connectivity index (χ1n) is 6.43. The molecule has 7 nitrogen and oxygen atoms in total. The predicted molar refractivity (Wildman–Crippen MR) is 85.1 cm³/mol. The number of nitrogens with one attached hydrogen (secondary N) is 1. The second-order valence-corrected chi connectivity index (χ2v) is 7.39. The molecule has 1 aromatic rings. The van der Waals surface area contributed by atoms with Gasteiger partial charge in [0.15, 0.2) is 5.03 Å². The first kappa shape index (κ1) is 18.4. The maximum absolute atomic E-state index is 12.3. The van der Waals surface area contributed by atoms with Crippen molar-refractivity contribution in [1.82, 2.24) is 14.6 Å². The molecule has 1 heterocycles. The first-order valence-corrected chi connectivity index (χ1v) is 9.30. The Morgan fingerprint density at radius 2 is 2.05 bits per heavy atom. The first-order chi connectivity index (χ1) is 10.2. The number of aromatic nitrogens is 1. The molecule has 0 aliphatic rings. The molecule has 0 aromatic carbocycles. The Morgan fingerprint density at radius 1 is 1.41 bits per heavy atom. The van der Waals surface area contributed by atoms with Crippen LogP contribution in [0.2, 0.25) is 0 Å². The number of thioether (sulfide) groups is 1. The van der Waals surface area contributed by atoms with Crippen molar-refractivity contribution in [2.24, 2.45) is 5.92 Å². The van der Waals surface area contributed by atoms with Gasteiger partial charge in [-0.1, -0.05) is 6.92 Å². The van der Waals surface area contributed by atoms with Gasteiger partial charge in [-0.25, -0.2) is 9.71 Å². The molecule has 1 N–H and O–H groups in total. The zero-order valence-electron chi connectivity index (χ0n) is 12.9. The number of carbonyl (C=O) groups excluding carboxylic acids is 2. The summed E-state index contributed by atoms with van der Waals surface area (Å²) in [6.07, 6.45) is 3.09. The minimum Gasteiger partial charge on any atom is -0.345 e. The number of sulfonamides is 1. The minimum absolute atomic E-state index is 0.0784. The Labute approximate surface area is 134 Å². The van der Waals surface area contributed by atoms with Crippen LogP contribution in [-0.4, -0.2) is 56.2 Å². The molecule has 0 unspecified atom stereocenters. The maximum Gasteiger partial charge on any atom is 0.282 e. The smallest absolute Gasteiger partial charge is 0.282 e. The van der Waals surface area contributed by atoms with Crippen molar-refractivity contribution in [3.8, 4) is 0 Å². The molecular formula is C13H19N3O4S2. The number of rotatable bonds is 6. The van der Waals surface area contributed by atoms with Crippen molar-refractivity contribution >= 4 is 33.6 Å². The third-order valence-electron chi connectivity index (χ3n) is 2.76. The number of nitrogens with zero attached hydrogens (tertiary/aromatic N) is 2. The molecule has 9 heteroatoms. The van der Waals surface area contributed by atoms with E-state index in [4.69, 9.17) is 0 Å². The molecule has 1 rings (SSSR count). The second kappa shape index (κ2) is 7.59. The molecule has 1 aromatic heterocycles. The third kappa shape index (κ3) is 4.44. The standard InChI is InChI=1S/C13H19N3O4S2/c1-9(8-21-4)11(17)15-22(19,20)12-10(6-5-7-14-12)13(18)16(2)3/h5-7,9H,8H2,1-4H3,(H,15,17)/t9-/m1/s1. The minimum atomic E-state index is -4.20. The van der Waals surface area contributed by atoms with Crippen LogP contribution >= 0.6 is 11.8 Å². The van der Waals surface area contributed by atoms with Gasteiger partial charge in [-0.15, -0.1) is 0 Å². The van der Waals surface area contributed by atoms with Crippen molar-refractivity contribution < 1.29 is 18.0 Å². The summed E-state index contributed by atoms with van der Waals surface area (Å²) in [5, 5.41) is -0.446. The summed E-state index contributed by atoms with van der Waals surface area (Å²) in [6.45, 7) is 1.63. The maximum atomic E-state index is 12.3. The molecule has 0 radical (unpaired) electrons. The van der Waals surface area contributed by atoms with Crippen LogP contribution in [0.25, 0.3) is 0 Å². The quantitative estimate of drug-likeness (QED) is 0.810. The summed E-state index contributed by atoms with van der Waals surface area (Å²) in [7, 11) is -1.19. The van der Waals surface area contributed by atoms with Gasteiger partial charge in [-0.2, -0.15) is 20.2 Å². The molecule has 0 saturated carbocycles. The fraction of sp³-hybridized carbons (Fsp3) is 0.462. The Bertz CT molecular complexity index is 659. The lowest BCUT2D eigenvalue weighted by atomic mass is 10.2. The molecule has 0 aliphatic carbocycles. The van der Waals surface area contributed by atoms with Crippen LogP contribution in [0, 0.1) is 5.92 Å². The normalized spacial score (nSPS) is 12.5. The molecule has 0 saturated heterocycles. The number of hydrogen-bond acceptors (Lipinski definition) is 6. The summed E-state index contributed by atoms with van der Waals surface area (Å²) < 4.78 is 26.6. The molecule has 22 heavy (non-hydrogen) atoms. The van der Waals surface area contributed by atoms with E-state index in [2.05, 4.69) is 4.98 Å². The highest BCUT2D eigenvalue weighted by molar-refractivity contribution is 7.98. The van der Waals surface area contributed by atoms with E-state index in [1.165, 1.54) is 49.1 Å². The van der Waals surface area contributed by atoms with Gasteiger partial charge in [-0.3, -0.25) is 9.59 Å². The van der Waals surface area contributed by atoms with Gasteiger partial charge in [0.1, 0.15) is 0 Å². The van der Waals surface area contributed by atoms with Gasteiger partial charge in [0.05, 0.1) is 5.56 Å². The third-order valence-corrected chi connectivity index (χ3v) is 4.90. The Balaban J connectivity index is 3.14. The Kier molecular flexibility index (Phi) is 6.36. The van der Waals surface area contributed by atoms with Gasteiger partial charge in [0.25, 0.3) is 15.9 Å². The number of amides is 2. The van der Waals surface area contributed by atoms with Crippen molar-refractivity contribution in [3.05, 3.63) is 23.9 Å². The van der Waals surface area contributed by atoms with Crippen molar-refractivity contribution in [3.63, 3.8) is 0 Å². The molecule has 0 aliphatic heterocycles. The molecule has 2 amide bonds. The van der Waals surface area contributed by atoms with E-state index < -0.39 is 32.8 Å². The Morgan fingerprint density at radius 3 is 2.59 bits per heavy atom. The highest BCUT2D eigenvalue weighted by atomic mass is 32.2. The van der Waals surface area contributed by atoms with Gasteiger partial charge in [0, 0.05) is 32.0 Å². The van der Waals surface area contributed by atoms with E-state index in [0.29, 0.717) is 5.75 Å². The zero-order chi connectivity index (χ0) is 16.9. The van der Waals surface area contributed by atoms with E-state index in [9.17, 15) is 18.0 Å². The molecule has 0 spiro atoms. The van der Waals surface area contributed by atoms with E-state index in [1.807, 2.05) is 11.0 Å². The van der Waals surface area contributed by atoms with Gasteiger partial charge in [0.2, 0.25) is 5.91 Å². The highest BCUT2D eigenvalue weighted by Crippen LogP contribution is 2.15. The predicted octanol–water partition coefficient (Wildman–Crippen LogP) is 0.587. The van der Waals surface area contributed by atoms with Crippen molar-refractivity contribution in [1.29, 1.82) is 0 Å². The molecular weight excluding hydrogens is 326 g/mol. The lowest BCUT2D eigenvalue weighted by Crippen LogP contribution is -2.37. The highest BCUT2D eigenvalue weighted by Gasteiger charge is 2.28. The molecule has 1 atom stereocenters. The largest absolute Gasteiger partial charge is 0.345 e. The number of carbonyl (C=O) groups is 2. The average molecular weight is 345 g/mol. The van der Waals surface area contributed by atoms with Crippen LogP contribution < -0.4 is 4.72 Å². The lowest BCUT2D eigenvalue weighted by molar-refractivity contribution is -0.122. The molecule has 122 valence electrons. The second-order valence-electron chi connectivity index (χ2n) is 4.88. The monoisotopic (exact) mass is 345 g/mol. The average Bonchev–Trinajstić information content (AvgIpc) is 2.46. The Hall–Kier alpha value is -1.61. The van der Waals surface area contributed by atoms with E-state index in [1.54, 1.807) is 6.92 Å². The SMILES string of the molecule is CSC[C@@H](C)C(=O)NS(=O)(=O)c1ncccc1C(=O)N(C)C. The lowest BCUT2D eigenvalue weighted by Gasteiger charge is -2.15. The fourth-order valence-electron chi connectivity index (χ4n) is 1.62.